The molecule has 0 saturated heterocycles. The third-order valence-corrected chi connectivity index (χ3v) is 6.86. The third kappa shape index (κ3) is 2.44. The predicted octanol–water partition coefficient (Wildman–Crippen LogP) is 3.24. The van der Waals surface area contributed by atoms with E-state index < -0.39 is 16.9 Å². The van der Waals surface area contributed by atoms with Gasteiger partial charge in [-0.15, -0.1) is 12.2 Å². The van der Waals surface area contributed by atoms with Crippen LogP contribution in [0.25, 0.3) is 0 Å². The van der Waals surface area contributed by atoms with Crippen molar-refractivity contribution >= 4 is 39.9 Å². The highest BCUT2D eigenvalue weighted by Crippen LogP contribution is 2.49. The Hall–Kier alpha value is -0.700. The average molecular weight is 286 g/mol. The maximum atomic E-state index is 13.7. The molecule has 0 atom stereocenters. The van der Waals surface area contributed by atoms with Gasteiger partial charge < -0.3 is 0 Å². The number of thiol groups is 1. The first-order valence-corrected chi connectivity index (χ1v) is 8.82. The van der Waals surface area contributed by atoms with E-state index in [1.54, 1.807) is 36.4 Å². The summed E-state index contributed by atoms with van der Waals surface area (Å²) in [5, 5.41) is -2.11. The van der Waals surface area contributed by atoms with Crippen LogP contribution < -0.4 is 10.6 Å². The summed E-state index contributed by atoms with van der Waals surface area (Å²) in [6.45, 7) is 0. The molecule has 0 bridgehead atoms. The molecule has 0 fully saturated rings. The molecule has 0 aromatic heterocycles. The molecule has 0 heterocycles. The first-order valence-electron chi connectivity index (χ1n) is 4.86. The van der Waals surface area contributed by atoms with Crippen LogP contribution in [0.1, 0.15) is 0 Å². The highest BCUT2D eigenvalue weighted by molar-refractivity contribution is 8.68. The van der Waals surface area contributed by atoms with E-state index in [4.69, 9.17) is 11.8 Å². The van der Waals surface area contributed by atoms with Crippen molar-refractivity contribution in [3.63, 3.8) is 0 Å². The lowest BCUT2D eigenvalue weighted by Crippen LogP contribution is -2.17. The van der Waals surface area contributed by atoms with Crippen molar-refractivity contribution in [3.8, 4) is 0 Å². The summed E-state index contributed by atoms with van der Waals surface area (Å²) >= 11 is 9.70. The predicted molar refractivity (Wildman–Crippen MR) is 75.3 cm³/mol. The highest BCUT2D eigenvalue weighted by Gasteiger charge is 2.23. The molecule has 88 valence electrons. The SMILES string of the molecule is Fc1ccccc1P(=S)(S)c1ccccc1F. The number of halogens is 2. The molecule has 17 heavy (non-hydrogen) atoms. The van der Waals surface area contributed by atoms with Gasteiger partial charge in [0, 0.05) is 10.6 Å². The molecule has 0 N–H and O–H groups in total. The Morgan fingerprint density at radius 1 is 0.824 bits per heavy atom. The van der Waals surface area contributed by atoms with Crippen molar-refractivity contribution in [3.05, 3.63) is 60.2 Å². The zero-order chi connectivity index (χ0) is 12.5. The molecule has 5 heteroatoms. The van der Waals surface area contributed by atoms with Crippen molar-refractivity contribution < 1.29 is 8.78 Å². The van der Waals surface area contributed by atoms with Crippen molar-refractivity contribution in [1.82, 2.24) is 0 Å². The molecular weight excluding hydrogens is 277 g/mol. The van der Waals surface area contributed by atoms with Crippen LogP contribution in [0.15, 0.2) is 48.5 Å². The van der Waals surface area contributed by atoms with E-state index in [9.17, 15) is 8.78 Å². The topological polar surface area (TPSA) is 0 Å². The van der Waals surface area contributed by atoms with E-state index in [1.807, 2.05) is 0 Å². The molecule has 2 rings (SSSR count). The van der Waals surface area contributed by atoms with Crippen LogP contribution in [0.3, 0.4) is 0 Å². The first-order chi connectivity index (χ1) is 8.03. The summed E-state index contributed by atoms with van der Waals surface area (Å²) < 4.78 is 27.4. The zero-order valence-electron chi connectivity index (χ0n) is 8.68. The maximum absolute atomic E-state index is 13.7. The molecule has 0 unspecified atom stereocenters. The Labute approximate surface area is 109 Å². The molecule has 0 nitrogen and oxygen atoms in total. The van der Waals surface area contributed by atoms with E-state index in [-0.39, 0.29) is 0 Å². The van der Waals surface area contributed by atoms with E-state index in [2.05, 4.69) is 12.2 Å². The van der Waals surface area contributed by atoms with Crippen LogP contribution in [0.5, 0.6) is 0 Å². The minimum absolute atomic E-state index is 0.295. The Bertz CT molecular complexity index is 549. The van der Waals surface area contributed by atoms with Crippen LogP contribution in [-0.4, -0.2) is 0 Å². The summed E-state index contributed by atoms with van der Waals surface area (Å²) in [6, 6.07) is 12.3. The van der Waals surface area contributed by atoms with Crippen LogP contribution in [0.2, 0.25) is 0 Å². The second-order valence-corrected chi connectivity index (χ2v) is 9.85. The van der Waals surface area contributed by atoms with Gasteiger partial charge in [-0.05, 0) is 24.3 Å². The average Bonchev–Trinajstić information content (AvgIpc) is 2.29. The Morgan fingerprint density at radius 3 is 1.53 bits per heavy atom. The number of hydrogen-bond acceptors (Lipinski definition) is 1. The number of benzene rings is 2. The Morgan fingerprint density at radius 2 is 1.18 bits per heavy atom. The van der Waals surface area contributed by atoms with Gasteiger partial charge in [0.25, 0.3) is 0 Å². The second kappa shape index (κ2) is 4.89. The lowest BCUT2D eigenvalue weighted by atomic mass is 10.3. The fraction of sp³-hybridized carbons (Fsp3) is 0. The van der Waals surface area contributed by atoms with Crippen LogP contribution in [0.4, 0.5) is 8.78 Å². The quantitative estimate of drug-likeness (QED) is 0.653. The van der Waals surface area contributed by atoms with Gasteiger partial charge in [-0.3, -0.25) is 0 Å². The van der Waals surface area contributed by atoms with Gasteiger partial charge in [0.2, 0.25) is 0 Å². The van der Waals surface area contributed by atoms with Gasteiger partial charge in [-0.1, -0.05) is 36.1 Å². The summed E-state index contributed by atoms with van der Waals surface area (Å²) in [5.74, 6) is -0.872. The fourth-order valence-corrected chi connectivity index (χ4v) is 4.95. The fourth-order valence-electron chi connectivity index (χ4n) is 1.52. The van der Waals surface area contributed by atoms with E-state index in [1.165, 1.54) is 12.1 Å². The maximum Gasteiger partial charge on any atom is 0.132 e. The van der Waals surface area contributed by atoms with E-state index in [0.29, 0.717) is 10.6 Å². The Balaban J connectivity index is 2.63. The molecule has 0 aliphatic heterocycles. The highest BCUT2D eigenvalue weighted by atomic mass is 32.9. The molecule has 0 saturated carbocycles. The van der Waals surface area contributed by atoms with Crippen LogP contribution >= 0.6 is 17.5 Å². The van der Waals surface area contributed by atoms with E-state index >= 15 is 0 Å². The minimum Gasteiger partial charge on any atom is -0.206 e. The van der Waals surface area contributed by atoms with Gasteiger partial charge in [-0.2, -0.15) is 0 Å². The van der Waals surface area contributed by atoms with Crippen molar-refractivity contribution in [2.75, 3.05) is 0 Å². The number of hydrogen-bond donors (Lipinski definition) is 1. The van der Waals surface area contributed by atoms with Crippen LogP contribution in [0, 0.1) is 11.6 Å². The molecule has 0 aliphatic carbocycles. The van der Waals surface area contributed by atoms with Crippen LogP contribution in [-0.2, 0) is 11.8 Å². The monoisotopic (exact) mass is 286 g/mol. The standard InChI is InChI=1S/C12H9F2PS2/c13-9-5-1-3-7-11(9)15(16,17)12-8-4-2-6-10(12)14/h1-8H,(H,16,17). The first kappa shape index (κ1) is 12.7. The van der Waals surface area contributed by atoms with Crippen molar-refractivity contribution in [1.29, 1.82) is 0 Å². The summed E-state index contributed by atoms with van der Waals surface area (Å²) in [7, 11) is 0. The molecule has 0 radical (unpaired) electrons. The largest absolute Gasteiger partial charge is 0.206 e. The van der Waals surface area contributed by atoms with Gasteiger partial charge in [0.1, 0.15) is 11.6 Å². The summed E-state index contributed by atoms with van der Waals surface area (Å²) in [4.78, 5) is 0. The lowest BCUT2D eigenvalue weighted by molar-refractivity contribution is 0.634. The van der Waals surface area contributed by atoms with Gasteiger partial charge >= 0.3 is 0 Å². The zero-order valence-corrected chi connectivity index (χ0v) is 11.3. The molecular formula is C12H9F2PS2. The molecule has 2 aromatic rings. The molecule has 0 amide bonds. The molecule has 0 aliphatic rings. The summed E-state index contributed by atoms with van der Waals surface area (Å²) in [6.07, 6.45) is 0. The van der Waals surface area contributed by atoms with Gasteiger partial charge in [0.05, 0.1) is 5.24 Å². The second-order valence-electron chi connectivity index (χ2n) is 3.48. The summed E-state index contributed by atoms with van der Waals surface area (Å²) in [5.41, 5.74) is 0. The minimum atomic E-state index is -2.69. The third-order valence-electron chi connectivity index (χ3n) is 2.36. The van der Waals surface area contributed by atoms with E-state index in [0.717, 1.165) is 0 Å². The van der Waals surface area contributed by atoms with Crippen molar-refractivity contribution in [2.45, 2.75) is 0 Å². The Kier molecular flexibility index (Phi) is 3.67. The van der Waals surface area contributed by atoms with Crippen molar-refractivity contribution in [2.24, 2.45) is 0 Å². The number of rotatable bonds is 2. The normalized spacial score (nSPS) is 11.5. The smallest absolute Gasteiger partial charge is 0.132 e. The van der Waals surface area contributed by atoms with Gasteiger partial charge in [-0.25, -0.2) is 8.78 Å². The van der Waals surface area contributed by atoms with Gasteiger partial charge in [0.15, 0.2) is 0 Å². The molecule has 0 spiro atoms. The molecule has 2 aromatic carbocycles. The lowest BCUT2D eigenvalue weighted by Gasteiger charge is -2.17.